The Hall–Kier alpha value is -2.17. The van der Waals surface area contributed by atoms with E-state index in [-0.39, 0.29) is 0 Å². The van der Waals surface area contributed by atoms with E-state index in [1.807, 2.05) is 48.5 Å². The maximum Gasteiger partial charge on any atom is 0.315 e. The van der Waals surface area contributed by atoms with Crippen molar-refractivity contribution in [3.8, 4) is 11.1 Å². The number of carboxylic acids is 1. The number of benzene rings is 2. The van der Waals surface area contributed by atoms with Crippen LogP contribution in [0.25, 0.3) is 11.1 Å². The SMILES string of the molecule is CN1CCCC1CO.O=C(O)C1c2ccccc2-c2ccccc21. The second-order valence-electron chi connectivity index (χ2n) is 6.40. The number of fused-ring (bicyclic) bond motifs is 3. The number of aliphatic hydroxyl groups is 1. The van der Waals surface area contributed by atoms with E-state index in [0.717, 1.165) is 28.8 Å². The summed E-state index contributed by atoms with van der Waals surface area (Å²) in [5, 5.41) is 18.0. The van der Waals surface area contributed by atoms with E-state index < -0.39 is 11.9 Å². The summed E-state index contributed by atoms with van der Waals surface area (Å²) in [5.41, 5.74) is 3.89. The second-order valence-corrected chi connectivity index (χ2v) is 6.40. The number of hydrogen-bond donors (Lipinski definition) is 2. The molecule has 4 rings (SSSR count). The minimum absolute atomic E-state index is 0.330. The molecule has 0 aromatic heterocycles. The van der Waals surface area contributed by atoms with Crippen molar-refractivity contribution in [1.29, 1.82) is 0 Å². The molecule has 1 unspecified atom stereocenters. The topological polar surface area (TPSA) is 60.8 Å². The number of carboxylic acid groups (broad SMARTS) is 1. The lowest BCUT2D eigenvalue weighted by atomic mass is 9.97. The summed E-state index contributed by atoms with van der Waals surface area (Å²) < 4.78 is 0. The number of nitrogens with zero attached hydrogens (tertiary/aromatic N) is 1. The molecule has 0 saturated carbocycles. The first-order valence-electron chi connectivity index (χ1n) is 8.35. The van der Waals surface area contributed by atoms with Gasteiger partial charge in [0.25, 0.3) is 0 Å². The number of aliphatic carboxylic acids is 1. The van der Waals surface area contributed by atoms with Crippen molar-refractivity contribution in [2.24, 2.45) is 0 Å². The van der Waals surface area contributed by atoms with E-state index in [1.54, 1.807) is 0 Å². The van der Waals surface area contributed by atoms with Crippen LogP contribution in [0, 0.1) is 0 Å². The average molecular weight is 325 g/mol. The molecule has 0 spiro atoms. The molecule has 1 atom stereocenters. The number of likely N-dealkylation sites (N-methyl/N-ethyl adjacent to an activating group) is 1. The van der Waals surface area contributed by atoms with Crippen molar-refractivity contribution in [3.63, 3.8) is 0 Å². The van der Waals surface area contributed by atoms with E-state index in [2.05, 4.69) is 11.9 Å². The summed E-state index contributed by atoms with van der Waals surface area (Å²) in [4.78, 5) is 13.5. The lowest BCUT2D eigenvalue weighted by Crippen LogP contribution is -2.27. The van der Waals surface area contributed by atoms with Gasteiger partial charge in [0, 0.05) is 6.04 Å². The second kappa shape index (κ2) is 7.16. The highest BCUT2D eigenvalue weighted by Crippen LogP contribution is 2.44. The molecule has 126 valence electrons. The molecule has 1 aliphatic carbocycles. The third-order valence-corrected chi connectivity index (χ3v) is 4.96. The molecular weight excluding hydrogens is 302 g/mol. The molecule has 2 N–H and O–H groups in total. The van der Waals surface area contributed by atoms with Gasteiger partial charge in [-0.25, -0.2) is 0 Å². The van der Waals surface area contributed by atoms with E-state index in [1.165, 1.54) is 12.8 Å². The van der Waals surface area contributed by atoms with Crippen LogP contribution in [0.2, 0.25) is 0 Å². The fraction of sp³-hybridized carbons (Fsp3) is 0.350. The van der Waals surface area contributed by atoms with Crippen LogP contribution in [0.3, 0.4) is 0 Å². The molecule has 0 radical (unpaired) electrons. The van der Waals surface area contributed by atoms with Crippen LogP contribution in [0.1, 0.15) is 29.9 Å². The maximum atomic E-state index is 11.3. The molecule has 24 heavy (non-hydrogen) atoms. The third-order valence-electron chi connectivity index (χ3n) is 4.96. The Morgan fingerprint density at radius 3 is 2.00 bits per heavy atom. The van der Waals surface area contributed by atoms with Crippen molar-refractivity contribution in [2.45, 2.75) is 24.8 Å². The predicted octanol–water partition coefficient (Wildman–Crippen LogP) is 2.96. The molecule has 1 aliphatic heterocycles. The van der Waals surface area contributed by atoms with Crippen LogP contribution in [0.15, 0.2) is 48.5 Å². The van der Waals surface area contributed by atoms with Crippen molar-refractivity contribution in [3.05, 3.63) is 59.7 Å². The molecule has 1 heterocycles. The quantitative estimate of drug-likeness (QED) is 0.891. The largest absolute Gasteiger partial charge is 0.481 e. The lowest BCUT2D eigenvalue weighted by molar-refractivity contribution is -0.137. The third kappa shape index (κ3) is 3.07. The molecule has 0 amide bonds. The number of aliphatic hydroxyl groups excluding tert-OH is 1. The fourth-order valence-corrected chi connectivity index (χ4v) is 3.63. The van der Waals surface area contributed by atoms with Crippen molar-refractivity contribution >= 4 is 5.97 Å². The molecule has 4 nitrogen and oxygen atoms in total. The molecule has 4 heteroatoms. The van der Waals surface area contributed by atoms with E-state index in [0.29, 0.717) is 12.6 Å². The number of carbonyl (C=O) groups is 1. The van der Waals surface area contributed by atoms with Crippen LogP contribution in [0.4, 0.5) is 0 Å². The van der Waals surface area contributed by atoms with Gasteiger partial charge in [0.15, 0.2) is 0 Å². The smallest absolute Gasteiger partial charge is 0.315 e. The Balaban J connectivity index is 0.000000179. The Morgan fingerprint density at radius 2 is 1.62 bits per heavy atom. The molecule has 1 saturated heterocycles. The van der Waals surface area contributed by atoms with Crippen LogP contribution in [-0.2, 0) is 4.79 Å². The van der Waals surface area contributed by atoms with Gasteiger partial charge in [-0.2, -0.15) is 0 Å². The summed E-state index contributed by atoms with van der Waals surface area (Å²) in [6.45, 7) is 1.49. The van der Waals surface area contributed by atoms with Crippen LogP contribution >= 0.6 is 0 Å². The van der Waals surface area contributed by atoms with Gasteiger partial charge >= 0.3 is 5.97 Å². The summed E-state index contributed by atoms with van der Waals surface area (Å²) in [7, 11) is 2.06. The monoisotopic (exact) mass is 325 g/mol. The first kappa shape index (κ1) is 16.7. The minimum atomic E-state index is -0.780. The van der Waals surface area contributed by atoms with E-state index in [4.69, 9.17) is 5.11 Å². The zero-order valence-electron chi connectivity index (χ0n) is 13.9. The summed E-state index contributed by atoms with van der Waals surface area (Å²) in [6, 6.07) is 15.9. The molecular formula is C20H23NO3. The van der Waals surface area contributed by atoms with Crippen LogP contribution < -0.4 is 0 Å². The van der Waals surface area contributed by atoms with E-state index >= 15 is 0 Å². The lowest BCUT2D eigenvalue weighted by Gasteiger charge is -2.15. The van der Waals surface area contributed by atoms with E-state index in [9.17, 15) is 9.90 Å². The Bertz CT molecular complexity index is 683. The van der Waals surface area contributed by atoms with Gasteiger partial charge in [0.05, 0.1) is 6.61 Å². The summed E-state index contributed by atoms with van der Waals surface area (Å²) in [6.07, 6.45) is 2.43. The Labute approximate surface area is 142 Å². The zero-order chi connectivity index (χ0) is 17.1. The number of rotatable bonds is 2. The standard InChI is InChI=1S/C14H10O2.C6H13NO/c15-14(16)13-11-7-3-1-5-9(11)10-6-2-4-8-12(10)13;1-7-4-2-3-6(7)5-8/h1-8,13H,(H,15,16);6,8H,2-5H2,1H3. The number of likely N-dealkylation sites (tertiary alicyclic amines) is 1. The van der Waals surface area contributed by atoms with Gasteiger partial charge < -0.3 is 15.1 Å². The first-order chi connectivity index (χ1) is 11.6. The van der Waals surface area contributed by atoms with Gasteiger partial charge in [-0.3, -0.25) is 4.79 Å². The average Bonchev–Trinajstić information content (AvgIpc) is 3.16. The highest BCUT2D eigenvalue weighted by atomic mass is 16.4. The Morgan fingerprint density at radius 1 is 1.08 bits per heavy atom. The van der Waals surface area contributed by atoms with Crippen LogP contribution in [-0.4, -0.2) is 47.3 Å². The van der Waals surface area contributed by atoms with Gasteiger partial charge in [0.2, 0.25) is 0 Å². The van der Waals surface area contributed by atoms with Gasteiger partial charge in [-0.15, -0.1) is 0 Å². The Kier molecular flexibility index (Phi) is 4.97. The van der Waals surface area contributed by atoms with Crippen molar-refractivity contribution in [1.82, 2.24) is 4.90 Å². The summed E-state index contributed by atoms with van der Waals surface area (Å²) >= 11 is 0. The fourth-order valence-electron chi connectivity index (χ4n) is 3.63. The highest BCUT2D eigenvalue weighted by Gasteiger charge is 2.32. The van der Waals surface area contributed by atoms with Gasteiger partial charge in [-0.1, -0.05) is 48.5 Å². The van der Waals surface area contributed by atoms with Crippen molar-refractivity contribution in [2.75, 3.05) is 20.2 Å². The molecule has 1 fully saturated rings. The molecule has 0 bridgehead atoms. The predicted molar refractivity (Wildman–Crippen MR) is 94.1 cm³/mol. The van der Waals surface area contributed by atoms with Gasteiger partial charge in [-0.05, 0) is 48.7 Å². The highest BCUT2D eigenvalue weighted by molar-refractivity contribution is 5.92. The van der Waals surface area contributed by atoms with Gasteiger partial charge in [0.1, 0.15) is 5.92 Å². The van der Waals surface area contributed by atoms with Crippen LogP contribution in [0.5, 0.6) is 0 Å². The first-order valence-corrected chi connectivity index (χ1v) is 8.35. The molecule has 2 aromatic rings. The molecule has 2 aliphatic rings. The van der Waals surface area contributed by atoms with Crippen molar-refractivity contribution < 1.29 is 15.0 Å². The summed E-state index contributed by atoms with van der Waals surface area (Å²) in [5.74, 6) is -1.29. The zero-order valence-corrected chi connectivity index (χ0v) is 13.9. The maximum absolute atomic E-state index is 11.3. The number of hydrogen-bond acceptors (Lipinski definition) is 3. The minimum Gasteiger partial charge on any atom is -0.481 e. The molecule has 2 aromatic carbocycles. The normalized spacial score (nSPS) is 19.3.